The molecule has 2 aromatic heterocycles. The number of alkyl halides is 6. The average Bonchev–Trinajstić information content (AvgIpc) is 3.08. The predicted molar refractivity (Wildman–Crippen MR) is 79.9 cm³/mol. The van der Waals surface area contributed by atoms with Crippen LogP contribution < -0.4 is 10.1 Å². The topological polar surface area (TPSA) is 51.5 Å². The maximum atomic E-state index is 13.1. The summed E-state index contributed by atoms with van der Waals surface area (Å²) in [5.41, 5.74) is -0.622. The van der Waals surface area contributed by atoms with Gasteiger partial charge in [-0.3, -0.25) is 0 Å². The Bertz CT molecular complexity index is 841. The number of hydrogen-bond acceptors (Lipinski definition) is 4. The zero-order valence-corrected chi connectivity index (χ0v) is 13.4. The van der Waals surface area contributed by atoms with Gasteiger partial charge in [0.25, 0.3) is 0 Å². The molecule has 1 aliphatic carbocycles. The number of ether oxygens (including phenoxy) is 1. The Hall–Kier alpha value is -2.46. The van der Waals surface area contributed by atoms with E-state index in [1.165, 1.54) is 0 Å². The molecule has 11 heteroatoms. The second-order valence-corrected chi connectivity index (χ2v) is 6.06. The monoisotopic (exact) mass is 380 g/mol. The second kappa shape index (κ2) is 6.06. The third kappa shape index (κ3) is 3.86. The lowest BCUT2D eigenvalue weighted by Crippen LogP contribution is -2.20. The number of pyridine rings is 1. The molecule has 1 aliphatic rings. The zero-order valence-electron chi connectivity index (χ0n) is 13.4. The summed E-state index contributed by atoms with van der Waals surface area (Å²) in [5, 5.41) is 6.60. The van der Waals surface area contributed by atoms with E-state index in [4.69, 9.17) is 0 Å². The molecule has 142 valence electrons. The second-order valence-electron chi connectivity index (χ2n) is 6.06. The lowest BCUT2D eigenvalue weighted by Gasteiger charge is -2.12. The van der Waals surface area contributed by atoms with Crippen molar-refractivity contribution in [2.45, 2.75) is 31.7 Å². The van der Waals surface area contributed by atoms with Gasteiger partial charge in [0.15, 0.2) is 18.0 Å². The highest BCUT2D eigenvalue weighted by molar-refractivity contribution is 5.57. The fourth-order valence-electron chi connectivity index (χ4n) is 2.55. The number of aromatic nitrogens is 3. The fourth-order valence-corrected chi connectivity index (χ4v) is 2.55. The van der Waals surface area contributed by atoms with Crippen molar-refractivity contribution in [3.05, 3.63) is 30.0 Å². The third-order valence-corrected chi connectivity index (χ3v) is 3.94. The molecular formula is C15H14F6N4O. The number of anilines is 1. The van der Waals surface area contributed by atoms with Crippen LogP contribution >= 0.6 is 0 Å². The maximum Gasteiger partial charge on any atom is 0.433 e. The average molecular weight is 380 g/mol. The van der Waals surface area contributed by atoms with Gasteiger partial charge in [0.05, 0.1) is 0 Å². The van der Waals surface area contributed by atoms with E-state index < -0.39 is 36.1 Å². The lowest BCUT2D eigenvalue weighted by molar-refractivity contribution is -0.153. The van der Waals surface area contributed by atoms with Crippen LogP contribution in [-0.2, 0) is 6.18 Å². The molecule has 0 aromatic carbocycles. The van der Waals surface area contributed by atoms with Crippen molar-refractivity contribution in [2.24, 2.45) is 5.92 Å². The smallest absolute Gasteiger partial charge is 0.433 e. The molecule has 0 radical (unpaired) electrons. The van der Waals surface area contributed by atoms with Crippen LogP contribution in [0.3, 0.4) is 0 Å². The van der Waals surface area contributed by atoms with Crippen molar-refractivity contribution < 1.29 is 31.1 Å². The van der Waals surface area contributed by atoms with Gasteiger partial charge in [0.1, 0.15) is 5.69 Å². The van der Waals surface area contributed by atoms with Crippen LogP contribution in [0.1, 0.15) is 19.0 Å². The first-order valence-corrected chi connectivity index (χ1v) is 7.56. The molecule has 0 saturated heterocycles. The fraction of sp³-hybridized carbons (Fsp3) is 0.467. The van der Waals surface area contributed by atoms with Crippen molar-refractivity contribution in [2.75, 3.05) is 11.9 Å². The largest absolute Gasteiger partial charge is 0.480 e. The van der Waals surface area contributed by atoms with E-state index in [0.717, 1.165) is 18.1 Å². The van der Waals surface area contributed by atoms with E-state index in [-0.39, 0.29) is 17.9 Å². The third-order valence-electron chi connectivity index (χ3n) is 3.94. The van der Waals surface area contributed by atoms with Gasteiger partial charge >= 0.3 is 12.4 Å². The van der Waals surface area contributed by atoms with Gasteiger partial charge in [-0.15, -0.1) is 5.10 Å². The first-order valence-electron chi connectivity index (χ1n) is 7.56. The van der Waals surface area contributed by atoms with Gasteiger partial charge in [0, 0.05) is 12.0 Å². The highest BCUT2D eigenvalue weighted by Crippen LogP contribution is 2.39. The SMILES string of the molecule is C=C1CC1[C@H](C)Nc1nc2c(OCC(F)(F)F)ccc(C(F)(F)F)n2n1. The Morgan fingerprint density at radius 1 is 1.31 bits per heavy atom. The summed E-state index contributed by atoms with van der Waals surface area (Å²) in [7, 11) is 0. The molecule has 0 aliphatic heterocycles. The predicted octanol–water partition coefficient (Wildman–Crippen LogP) is 4.07. The van der Waals surface area contributed by atoms with Crippen molar-refractivity contribution in [3.63, 3.8) is 0 Å². The van der Waals surface area contributed by atoms with E-state index in [9.17, 15) is 26.3 Å². The molecule has 0 spiro atoms. The Labute approximate surface area is 143 Å². The Balaban J connectivity index is 1.96. The van der Waals surface area contributed by atoms with E-state index in [2.05, 4.69) is 26.7 Å². The molecule has 1 unspecified atom stereocenters. The molecule has 1 saturated carbocycles. The van der Waals surface area contributed by atoms with Crippen molar-refractivity contribution in [3.8, 4) is 5.75 Å². The lowest BCUT2D eigenvalue weighted by atomic mass is 10.2. The molecule has 2 aromatic rings. The van der Waals surface area contributed by atoms with Gasteiger partial charge < -0.3 is 10.1 Å². The minimum atomic E-state index is -4.76. The molecule has 3 rings (SSSR count). The summed E-state index contributed by atoms with van der Waals surface area (Å²) >= 11 is 0. The molecule has 0 amide bonds. The highest BCUT2D eigenvalue weighted by Gasteiger charge is 2.37. The first-order chi connectivity index (χ1) is 12.0. The number of hydrogen-bond donors (Lipinski definition) is 1. The minimum Gasteiger partial charge on any atom is -0.480 e. The van der Waals surface area contributed by atoms with Crippen molar-refractivity contribution in [1.29, 1.82) is 0 Å². The van der Waals surface area contributed by atoms with Crippen LogP contribution in [0.15, 0.2) is 24.3 Å². The van der Waals surface area contributed by atoms with Crippen LogP contribution in [0, 0.1) is 5.92 Å². The van der Waals surface area contributed by atoms with Crippen molar-refractivity contribution in [1.82, 2.24) is 14.6 Å². The quantitative estimate of drug-likeness (QED) is 0.628. The standard InChI is InChI=1S/C15H14F6N4O/c1-7-5-9(7)8(2)22-13-23-12-10(26-6-14(16,17)18)3-4-11(15(19,20)21)25(12)24-13/h3-4,8-9H,1,5-6H2,2H3,(H,22,24)/t8-,9?/m0/s1. The summed E-state index contributed by atoms with van der Waals surface area (Å²) in [6.45, 7) is 3.94. The van der Waals surface area contributed by atoms with Gasteiger partial charge in [-0.05, 0) is 25.5 Å². The number of halogens is 6. The summed E-state index contributed by atoms with van der Waals surface area (Å²) in [4.78, 5) is 3.88. The Morgan fingerprint density at radius 3 is 2.50 bits per heavy atom. The molecular weight excluding hydrogens is 366 g/mol. The van der Waals surface area contributed by atoms with Crippen molar-refractivity contribution >= 4 is 11.6 Å². The summed E-state index contributed by atoms with van der Waals surface area (Å²) in [6, 6.07) is 1.23. The Kier molecular flexibility index (Phi) is 4.27. The van der Waals surface area contributed by atoms with Crippen LogP contribution in [0.4, 0.5) is 32.3 Å². The number of fused-ring (bicyclic) bond motifs is 1. The summed E-state index contributed by atoms with van der Waals surface area (Å²) < 4.78 is 81.5. The summed E-state index contributed by atoms with van der Waals surface area (Å²) in [5.74, 6) is -0.422. The maximum absolute atomic E-state index is 13.1. The molecule has 5 nitrogen and oxygen atoms in total. The van der Waals surface area contributed by atoms with Gasteiger partial charge in [-0.25, -0.2) is 4.52 Å². The number of nitrogens with zero attached hydrogens (tertiary/aromatic N) is 3. The van der Waals surface area contributed by atoms with Crippen LogP contribution in [0.25, 0.3) is 5.65 Å². The number of nitrogens with one attached hydrogen (secondary N) is 1. The van der Waals surface area contributed by atoms with Gasteiger partial charge in [-0.2, -0.15) is 31.3 Å². The van der Waals surface area contributed by atoms with E-state index in [1.54, 1.807) is 6.92 Å². The zero-order chi connectivity index (χ0) is 19.3. The van der Waals surface area contributed by atoms with Crippen LogP contribution in [0.2, 0.25) is 0 Å². The van der Waals surface area contributed by atoms with Gasteiger partial charge in [-0.1, -0.05) is 12.2 Å². The van der Waals surface area contributed by atoms with Crippen LogP contribution in [0.5, 0.6) is 5.75 Å². The highest BCUT2D eigenvalue weighted by atomic mass is 19.4. The molecule has 0 bridgehead atoms. The van der Waals surface area contributed by atoms with Gasteiger partial charge in [0.2, 0.25) is 5.95 Å². The molecule has 1 N–H and O–H groups in total. The van der Waals surface area contributed by atoms with E-state index >= 15 is 0 Å². The first kappa shape index (κ1) is 18.3. The van der Waals surface area contributed by atoms with E-state index in [1.807, 2.05) is 0 Å². The molecule has 26 heavy (non-hydrogen) atoms. The molecule has 1 fully saturated rings. The number of rotatable bonds is 5. The molecule has 2 heterocycles. The summed E-state index contributed by atoms with van der Waals surface area (Å²) in [6.07, 6.45) is -8.61. The van der Waals surface area contributed by atoms with Crippen LogP contribution in [-0.4, -0.2) is 33.4 Å². The normalized spacial score (nSPS) is 18.9. The molecule has 2 atom stereocenters. The minimum absolute atomic E-state index is 0.134. The van der Waals surface area contributed by atoms with E-state index in [0.29, 0.717) is 10.6 Å². The Morgan fingerprint density at radius 2 is 1.96 bits per heavy atom.